The van der Waals surface area contributed by atoms with Crippen LogP contribution < -0.4 is 10.6 Å². The van der Waals surface area contributed by atoms with E-state index in [0.717, 1.165) is 0 Å². The zero-order valence-corrected chi connectivity index (χ0v) is 17.1. The lowest BCUT2D eigenvalue weighted by molar-refractivity contribution is 0.0914. The minimum Gasteiger partial charge on any atom is -0.351 e. The molecule has 0 fully saturated rings. The lowest BCUT2D eigenvalue weighted by atomic mass is 9.84. The third-order valence-corrected chi connectivity index (χ3v) is 4.39. The van der Waals surface area contributed by atoms with Gasteiger partial charge in [-0.1, -0.05) is 43.7 Å². The van der Waals surface area contributed by atoms with Gasteiger partial charge in [-0.3, -0.25) is 9.59 Å². The summed E-state index contributed by atoms with van der Waals surface area (Å²) in [4.78, 5) is 24.7. The third kappa shape index (κ3) is 5.95. The average Bonchev–Trinajstić information content (AvgIpc) is 2.58. The molecule has 27 heavy (non-hydrogen) atoms. The van der Waals surface area contributed by atoms with Crippen LogP contribution >= 0.6 is 0 Å². The van der Waals surface area contributed by atoms with E-state index >= 15 is 0 Å². The Kier molecular flexibility index (Phi) is 6.09. The van der Waals surface area contributed by atoms with Crippen LogP contribution in [0.4, 0.5) is 0 Å². The summed E-state index contributed by atoms with van der Waals surface area (Å²) in [6, 6.07) is 15.1. The zero-order chi connectivity index (χ0) is 20.2. The van der Waals surface area contributed by atoms with Crippen LogP contribution in [0.15, 0.2) is 48.5 Å². The molecular weight excluding hydrogens is 336 g/mol. The van der Waals surface area contributed by atoms with Crippen molar-refractivity contribution in [2.75, 3.05) is 6.54 Å². The van der Waals surface area contributed by atoms with Gasteiger partial charge in [-0.25, -0.2) is 0 Å². The van der Waals surface area contributed by atoms with E-state index in [1.807, 2.05) is 26.8 Å². The molecule has 0 spiro atoms. The van der Waals surface area contributed by atoms with Crippen molar-refractivity contribution in [2.45, 2.75) is 52.5 Å². The van der Waals surface area contributed by atoms with Gasteiger partial charge in [0.1, 0.15) is 0 Å². The molecule has 0 unspecified atom stereocenters. The van der Waals surface area contributed by atoms with Crippen LogP contribution in [0.25, 0.3) is 0 Å². The Hall–Kier alpha value is -2.62. The number of carbonyl (C=O) groups is 2. The Bertz CT molecular complexity index is 815. The fourth-order valence-corrected chi connectivity index (χ4v) is 2.76. The molecule has 0 aromatic heterocycles. The van der Waals surface area contributed by atoms with Crippen molar-refractivity contribution in [3.05, 3.63) is 70.8 Å². The summed E-state index contributed by atoms with van der Waals surface area (Å²) in [6.07, 6.45) is 0. The fourth-order valence-electron chi connectivity index (χ4n) is 2.76. The Balaban J connectivity index is 2.01. The summed E-state index contributed by atoms with van der Waals surface area (Å²) in [7, 11) is 0. The fraction of sp³-hybridized carbons (Fsp3) is 0.391. The van der Waals surface area contributed by atoms with Gasteiger partial charge in [0, 0.05) is 28.6 Å². The number of nitrogens with one attached hydrogen (secondary N) is 2. The monoisotopic (exact) mass is 366 g/mol. The number of hydrogen-bond acceptors (Lipinski definition) is 2. The molecule has 0 aliphatic heterocycles. The van der Waals surface area contributed by atoms with Crippen LogP contribution in [0.5, 0.6) is 0 Å². The molecule has 2 aromatic rings. The van der Waals surface area contributed by atoms with Gasteiger partial charge in [0.05, 0.1) is 0 Å². The van der Waals surface area contributed by atoms with Crippen LogP contribution in [-0.4, -0.2) is 23.9 Å². The highest BCUT2D eigenvalue weighted by Gasteiger charge is 2.22. The second-order valence-electron chi connectivity index (χ2n) is 8.72. The molecule has 4 heteroatoms. The normalized spacial score (nSPS) is 11.8. The number of hydrogen-bond donors (Lipinski definition) is 2. The van der Waals surface area contributed by atoms with Gasteiger partial charge >= 0.3 is 0 Å². The summed E-state index contributed by atoms with van der Waals surface area (Å²) in [5.41, 5.74) is 3.01. The lowest BCUT2D eigenvalue weighted by Gasteiger charge is -2.26. The lowest BCUT2D eigenvalue weighted by Crippen LogP contribution is -2.40. The first-order valence-electron chi connectivity index (χ1n) is 9.26. The SMILES string of the molecule is Cc1cccc(C(C)(C)CNC(=O)c2ccc(C(=O)NC(C)(C)C)cc2)c1. The molecular formula is C23H30N2O2. The van der Waals surface area contributed by atoms with Crippen molar-refractivity contribution in [1.82, 2.24) is 10.6 Å². The van der Waals surface area contributed by atoms with E-state index in [2.05, 4.69) is 49.6 Å². The first-order chi connectivity index (χ1) is 12.5. The molecule has 4 nitrogen and oxygen atoms in total. The number of aryl methyl sites for hydroxylation is 1. The molecule has 2 rings (SSSR count). The third-order valence-electron chi connectivity index (χ3n) is 4.39. The van der Waals surface area contributed by atoms with Crippen LogP contribution in [0.3, 0.4) is 0 Å². The van der Waals surface area contributed by atoms with E-state index in [1.54, 1.807) is 24.3 Å². The van der Waals surface area contributed by atoms with Crippen molar-refractivity contribution < 1.29 is 9.59 Å². The van der Waals surface area contributed by atoms with Crippen molar-refractivity contribution >= 4 is 11.8 Å². The Labute approximate surface area is 162 Å². The van der Waals surface area contributed by atoms with E-state index < -0.39 is 0 Å². The van der Waals surface area contributed by atoms with Crippen molar-refractivity contribution in [3.63, 3.8) is 0 Å². The molecule has 0 aliphatic rings. The molecule has 0 aliphatic carbocycles. The van der Waals surface area contributed by atoms with Gasteiger partial charge in [-0.2, -0.15) is 0 Å². The summed E-state index contributed by atoms with van der Waals surface area (Å²) in [5.74, 6) is -0.284. The quantitative estimate of drug-likeness (QED) is 0.832. The van der Waals surface area contributed by atoms with Gasteiger partial charge in [0.25, 0.3) is 11.8 Å². The topological polar surface area (TPSA) is 58.2 Å². The molecule has 2 N–H and O–H groups in total. The second-order valence-corrected chi connectivity index (χ2v) is 8.72. The van der Waals surface area contributed by atoms with Gasteiger partial charge < -0.3 is 10.6 Å². The predicted octanol–water partition coefficient (Wildman–Crippen LogP) is 4.23. The highest BCUT2D eigenvalue weighted by molar-refractivity contribution is 5.98. The minimum absolute atomic E-state index is 0.140. The molecule has 0 saturated carbocycles. The molecule has 0 bridgehead atoms. The first-order valence-corrected chi connectivity index (χ1v) is 9.26. The Morgan fingerprint density at radius 1 is 0.852 bits per heavy atom. The highest BCUT2D eigenvalue weighted by atomic mass is 16.2. The van der Waals surface area contributed by atoms with Crippen molar-refractivity contribution in [1.29, 1.82) is 0 Å². The molecule has 0 radical (unpaired) electrons. The molecule has 0 heterocycles. The van der Waals surface area contributed by atoms with Crippen LogP contribution in [0.2, 0.25) is 0 Å². The summed E-state index contributed by atoms with van der Waals surface area (Å²) in [6.45, 7) is 12.6. The average molecular weight is 367 g/mol. The molecule has 144 valence electrons. The molecule has 0 atom stereocenters. The number of rotatable bonds is 5. The van der Waals surface area contributed by atoms with E-state index in [0.29, 0.717) is 17.7 Å². The number of carbonyl (C=O) groups excluding carboxylic acids is 2. The zero-order valence-electron chi connectivity index (χ0n) is 17.1. The number of amides is 2. The summed E-state index contributed by atoms with van der Waals surface area (Å²) >= 11 is 0. The second kappa shape index (κ2) is 7.95. The van der Waals surface area contributed by atoms with Gasteiger partial charge in [-0.05, 0) is 57.5 Å². The molecule has 0 saturated heterocycles. The van der Waals surface area contributed by atoms with Gasteiger partial charge in [0.2, 0.25) is 0 Å². The van der Waals surface area contributed by atoms with Crippen LogP contribution in [-0.2, 0) is 5.41 Å². The van der Waals surface area contributed by atoms with E-state index in [4.69, 9.17) is 0 Å². The molecule has 2 amide bonds. The number of benzene rings is 2. The Morgan fingerprint density at radius 2 is 1.41 bits per heavy atom. The van der Waals surface area contributed by atoms with Crippen molar-refractivity contribution in [2.24, 2.45) is 0 Å². The minimum atomic E-state index is -0.297. The maximum absolute atomic E-state index is 12.5. The van der Waals surface area contributed by atoms with E-state index in [9.17, 15) is 9.59 Å². The summed E-state index contributed by atoms with van der Waals surface area (Å²) < 4.78 is 0. The molecule has 2 aromatic carbocycles. The maximum atomic E-state index is 12.5. The Morgan fingerprint density at radius 3 is 1.93 bits per heavy atom. The smallest absolute Gasteiger partial charge is 0.251 e. The van der Waals surface area contributed by atoms with E-state index in [1.165, 1.54) is 11.1 Å². The van der Waals surface area contributed by atoms with Gasteiger partial charge in [-0.15, -0.1) is 0 Å². The predicted molar refractivity (Wildman–Crippen MR) is 110 cm³/mol. The first kappa shape index (κ1) is 20.7. The van der Waals surface area contributed by atoms with Gasteiger partial charge in [0.15, 0.2) is 0 Å². The maximum Gasteiger partial charge on any atom is 0.251 e. The van der Waals surface area contributed by atoms with Crippen LogP contribution in [0, 0.1) is 6.92 Å². The summed E-state index contributed by atoms with van der Waals surface area (Å²) in [5, 5.41) is 5.92. The highest BCUT2D eigenvalue weighted by Crippen LogP contribution is 2.23. The van der Waals surface area contributed by atoms with E-state index in [-0.39, 0.29) is 22.8 Å². The standard InChI is InChI=1S/C23H30N2O2/c1-16-8-7-9-19(14-16)23(5,6)15-24-20(26)17-10-12-18(13-11-17)21(27)25-22(2,3)4/h7-14H,15H2,1-6H3,(H,24,26)(H,25,27). The van der Waals surface area contributed by atoms with Crippen LogP contribution in [0.1, 0.15) is 66.5 Å². The largest absolute Gasteiger partial charge is 0.351 e. The van der Waals surface area contributed by atoms with Crippen molar-refractivity contribution in [3.8, 4) is 0 Å².